The highest BCUT2D eigenvalue weighted by Gasteiger charge is 2.53. The van der Waals surface area contributed by atoms with Gasteiger partial charge in [0.15, 0.2) is 14.1 Å². The van der Waals surface area contributed by atoms with Crippen molar-refractivity contribution in [1.29, 1.82) is 0 Å². The molecule has 2 aliphatic carbocycles. The lowest BCUT2D eigenvalue weighted by Crippen LogP contribution is -2.46. The van der Waals surface area contributed by atoms with Gasteiger partial charge >= 0.3 is 0 Å². The fourth-order valence-corrected chi connectivity index (χ4v) is 5.59. The van der Waals surface area contributed by atoms with Gasteiger partial charge in [0, 0.05) is 6.42 Å². The van der Waals surface area contributed by atoms with Gasteiger partial charge in [-0.1, -0.05) is 34.6 Å². The minimum atomic E-state index is -1.84. The predicted octanol–water partition coefficient (Wildman–Crippen LogP) is 5.01. The van der Waals surface area contributed by atoms with Gasteiger partial charge in [-0.2, -0.15) is 0 Å². The SMILES string of the molecule is CSC1=C2[C@H](CC1=O)CC(C)(C)[C@@H]2O[Si](C)(C)C(C)(C)C. The van der Waals surface area contributed by atoms with Crippen LogP contribution in [0, 0.1) is 11.3 Å². The van der Waals surface area contributed by atoms with Crippen LogP contribution >= 0.6 is 11.8 Å². The van der Waals surface area contributed by atoms with Crippen molar-refractivity contribution in [2.45, 2.75) is 71.7 Å². The van der Waals surface area contributed by atoms with E-state index in [1.807, 2.05) is 6.26 Å². The van der Waals surface area contributed by atoms with Crippen LogP contribution in [-0.4, -0.2) is 26.5 Å². The Kier molecular flexibility index (Phi) is 4.32. The molecular formula is C17H30O2SSi. The number of hydrogen-bond donors (Lipinski definition) is 0. The minimum Gasteiger partial charge on any atom is -0.410 e. The highest BCUT2D eigenvalue weighted by atomic mass is 32.2. The molecule has 0 aromatic heterocycles. The zero-order valence-electron chi connectivity index (χ0n) is 14.8. The highest BCUT2D eigenvalue weighted by molar-refractivity contribution is 8.03. The first-order valence-electron chi connectivity index (χ1n) is 7.90. The van der Waals surface area contributed by atoms with Crippen LogP contribution in [0.2, 0.25) is 18.1 Å². The number of Topliss-reactive ketones (excluding diaryl/α,β-unsaturated/α-hetero) is 1. The summed E-state index contributed by atoms with van der Waals surface area (Å²) in [5.41, 5.74) is 1.46. The van der Waals surface area contributed by atoms with E-state index >= 15 is 0 Å². The number of allylic oxidation sites excluding steroid dienone is 1. The third-order valence-corrected chi connectivity index (χ3v) is 10.9. The Morgan fingerprint density at radius 3 is 2.33 bits per heavy atom. The molecule has 0 aliphatic heterocycles. The van der Waals surface area contributed by atoms with Crippen molar-refractivity contribution in [1.82, 2.24) is 0 Å². The molecule has 1 fully saturated rings. The van der Waals surface area contributed by atoms with E-state index in [9.17, 15) is 4.79 Å². The van der Waals surface area contributed by atoms with Gasteiger partial charge < -0.3 is 4.43 Å². The molecule has 120 valence electrons. The molecule has 1 saturated carbocycles. The first-order chi connectivity index (χ1) is 9.40. The second-order valence-corrected chi connectivity index (χ2v) is 14.3. The van der Waals surface area contributed by atoms with Gasteiger partial charge in [0.1, 0.15) is 0 Å². The van der Waals surface area contributed by atoms with Crippen molar-refractivity contribution in [2.24, 2.45) is 11.3 Å². The summed E-state index contributed by atoms with van der Waals surface area (Å²) in [6, 6.07) is 0. The van der Waals surface area contributed by atoms with Crippen molar-refractivity contribution >= 4 is 25.9 Å². The summed E-state index contributed by atoms with van der Waals surface area (Å²) >= 11 is 1.62. The first kappa shape index (κ1) is 17.3. The third-order valence-electron chi connectivity index (χ3n) is 5.57. The van der Waals surface area contributed by atoms with E-state index in [1.165, 1.54) is 5.57 Å². The Labute approximate surface area is 135 Å². The average Bonchev–Trinajstić information content (AvgIpc) is 2.69. The maximum absolute atomic E-state index is 12.2. The normalized spacial score (nSPS) is 29.2. The summed E-state index contributed by atoms with van der Waals surface area (Å²) in [6.07, 6.45) is 3.93. The van der Waals surface area contributed by atoms with E-state index < -0.39 is 8.32 Å². The topological polar surface area (TPSA) is 26.3 Å². The van der Waals surface area contributed by atoms with E-state index in [1.54, 1.807) is 11.8 Å². The molecule has 0 aromatic rings. The Morgan fingerprint density at radius 2 is 1.86 bits per heavy atom. The number of ketones is 1. The molecule has 4 heteroatoms. The maximum Gasteiger partial charge on any atom is 0.192 e. The van der Waals surface area contributed by atoms with Crippen LogP contribution in [0.25, 0.3) is 0 Å². The van der Waals surface area contributed by atoms with Crippen LogP contribution in [0.3, 0.4) is 0 Å². The predicted molar refractivity (Wildman–Crippen MR) is 94.1 cm³/mol. The van der Waals surface area contributed by atoms with E-state index in [4.69, 9.17) is 4.43 Å². The van der Waals surface area contributed by atoms with Crippen LogP contribution in [0.15, 0.2) is 10.5 Å². The molecule has 2 aliphatic rings. The van der Waals surface area contributed by atoms with E-state index in [2.05, 4.69) is 47.7 Å². The van der Waals surface area contributed by atoms with Crippen LogP contribution in [-0.2, 0) is 9.22 Å². The Hall–Kier alpha value is -0.0631. The first-order valence-corrected chi connectivity index (χ1v) is 12.0. The molecule has 0 saturated heterocycles. The summed E-state index contributed by atoms with van der Waals surface area (Å²) in [7, 11) is -1.84. The van der Waals surface area contributed by atoms with E-state index in [-0.39, 0.29) is 16.6 Å². The molecule has 21 heavy (non-hydrogen) atoms. The van der Waals surface area contributed by atoms with Crippen molar-refractivity contribution in [3.8, 4) is 0 Å². The van der Waals surface area contributed by atoms with Crippen LogP contribution in [0.1, 0.15) is 47.5 Å². The zero-order chi connectivity index (χ0) is 16.2. The number of carbonyl (C=O) groups is 1. The summed E-state index contributed by atoms with van der Waals surface area (Å²) in [5, 5.41) is 0.198. The second-order valence-electron chi connectivity index (χ2n) is 8.76. The fraction of sp³-hybridized carbons (Fsp3) is 0.824. The molecular weight excluding hydrogens is 296 g/mol. The van der Waals surface area contributed by atoms with Crippen molar-refractivity contribution < 1.29 is 9.22 Å². The van der Waals surface area contributed by atoms with Gasteiger partial charge in [-0.05, 0) is 47.7 Å². The van der Waals surface area contributed by atoms with Crippen molar-refractivity contribution in [2.75, 3.05) is 6.26 Å². The van der Waals surface area contributed by atoms with Crippen LogP contribution in [0.5, 0.6) is 0 Å². The number of hydrogen-bond acceptors (Lipinski definition) is 3. The molecule has 0 radical (unpaired) electrons. The summed E-state index contributed by atoms with van der Waals surface area (Å²) < 4.78 is 6.79. The number of fused-ring (bicyclic) bond motifs is 1. The number of rotatable bonds is 3. The van der Waals surface area contributed by atoms with Gasteiger partial charge in [-0.15, -0.1) is 11.8 Å². The molecule has 0 bridgehead atoms. The quantitative estimate of drug-likeness (QED) is 0.682. The maximum atomic E-state index is 12.2. The molecule has 0 aromatic carbocycles. The van der Waals surface area contributed by atoms with Gasteiger partial charge in [-0.3, -0.25) is 4.79 Å². The minimum absolute atomic E-state index is 0.122. The lowest BCUT2D eigenvalue weighted by atomic mass is 9.87. The molecule has 0 heterocycles. The van der Waals surface area contributed by atoms with Crippen molar-refractivity contribution in [3.05, 3.63) is 10.5 Å². The van der Waals surface area contributed by atoms with Gasteiger partial charge in [-0.25, -0.2) is 0 Å². The molecule has 2 rings (SSSR count). The average molecular weight is 327 g/mol. The molecule has 0 unspecified atom stereocenters. The summed E-state index contributed by atoms with van der Waals surface area (Å²) in [6.45, 7) is 16.1. The van der Waals surface area contributed by atoms with E-state index in [0.29, 0.717) is 18.1 Å². The Morgan fingerprint density at radius 1 is 1.29 bits per heavy atom. The molecule has 0 N–H and O–H groups in total. The molecule has 0 spiro atoms. The van der Waals surface area contributed by atoms with Gasteiger partial charge in [0.25, 0.3) is 0 Å². The zero-order valence-corrected chi connectivity index (χ0v) is 16.6. The largest absolute Gasteiger partial charge is 0.410 e. The summed E-state index contributed by atoms with van der Waals surface area (Å²) in [5.74, 6) is 0.756. The second kappa shape index (κ2) is 5.24. The third kappa shape index (κ3) is 2.91. The van der Waals surface area contributed by atoms with E-state index in [0.717, 1.165) is 11.3 Å². The number of carbonyl (C=O) groups excluding carboxylic acids is 1. The molecule has 2 nitrogen and oxygen atoms in total. The Bertz CT molecular complexity index is 486. The van der Waals surface area contributed by atoms with Gasteiger partial charge in [0.2, 0.25) is 0 Å². The number of thioether (sulfide) groups is 1. The summed E-state index contributed by atoms with van der Waals surface area (Å²) in [4.78, 5) is 13.2. The highest BCUT2D eigenvalue weighted by Crippen LogP contribution is 2.55. The molecule has 0 amide bonds. The van der Waals surface area contributed by atoms with Gasteiger partial charge in [0.05, 0.1) is 11.0 Å². The van der Waals surface area contributed by atoms with Crippen molar-refractivity contribution in [3.63, 3.8) is 0 Å². The van der Waals surface area contributed by atoms with Crippen LogP contribution in [0.4, 0.5) is 0 Å². The fourth-order valence-electron chi connectivity index (χ4n) is 3.38. The standard InChI is InChI=1S/C17H30O2SSi/c1-16(2,3)21(7,8)19-15-13-11(10-17(15,4)5)9-12(18)14(13)20-6/h11,15H,9-10H2,1-8H3/t11-,15-/m1/s1. The smallest absolute Gasteiger partial charge is 0.192 e. The lowest BCUT2D eigenvalue weighted by molar-refractivity contribution is -0.114. The monoisotopic (exact) mass is 326 g/mol. The lowest BCUT2D eigenvalue weighted by Gasteiger charge is -2.42. The Balaban J connectivity index is 2.40. The van der Waals surface area contributed by atoms with Crippen LogP contribution < -0.4 is 0 Å². The molecule has 2 atom stereocenters.